The maximum Gasteiger partial charge on any atom is 0.251 e. The molecular weight excluding hydrogens is 1460 g/mol. The molecule has 0 saturated carbocycles. The van der Waals surface area contributed by atoms with E-state index < -0.39 is 26.2 Å². The van der Waals surface area contributed by atoms with Crippen LogP contribution in [0.4, 0.5) is 23.4 Å². The maximum absolute atomic E-state index is 12.1. The number of benzene rings is 2. The number of aromatic amines is 1. The van der Waals surface area contributed by atoms with Crippen LogP contribution in [0.2, 0.25) is 0 Å². The standard InChI is InChI=1S/C24H28N6O3S2.C23H30N8O3S.C23H27N7O3S2.2CH4/c1-35(31,32)30-7-5-28(6-8-30)16-18-13-20-23(29-9-11-33-12-10-29)26-22(27-24(20)34-18)19-4-2-3-17-14-25-15-21(17)19;1-14-17(13-29-3-5-31(6-4-29)22(33)15(2)32)35-19-18(14)27-20(16-11-25-23(24)26-12-16)28-21(19)30-7-9-34-10-8-30;1-35(31,32)30-7-5-28(6-8-30)15-16-13-20-21(34-16)23(29-9-11-33-12-10-29)26-22(25-20)17-3-2-4-19-18(17)14-24-27-19;;/h2-4,13,15H,5-12,14,16H2,1H3;11-12,15,32H,3-10,13H2,1-2H3,(H2,24,25,26);2-4,13-14H,5-12,15H2,1H3,(H,24,27);2*1H4/t;15-;;;/m.0.../s1. The Balaban J connectivity index is 0.000000140. The smallest absolute Gasteiger partial charge is 0.251 e. The summed E-state index contributed by atoms with van der Waals surface area (Å²) in [5.41, 5.74) is 14.7. The van der Waals surface area contributed by atoms with Gasteiger partial charge in [0.05, 0.1) is 102 Å². The number of nitrogen functional groups attached to an aromatic ring is 1. The van der Waals surface area contributed by atoms with Crippen LogP contribution < -0.4 is 20.4 Å². The number of rotatable bonds is 15. The molecule has 1 amide bonds. The fraction of sp³-hybridized carbons (Fsp3) is 0.486. The number of aryl methyl sites for hydroxylation is 1. The lowest BCUT2D eigenvalue weighted by atomic mass is 10.0. The first-order chi connectivity index (χ1) is 50.8. The highest BCUT2D eigenvalue weighted by Gasteiger charge is 2.31. The van der Waals surface area contributed by atoms with Crippen molar-refractivity contribution in [1.29, 1.82) is 0 Å². The van der Waals surface area contributed by atoms with Gasteiger partial charge in [-0.3, -0.25) is 29.6 Å². The number of aliphatic hydroxyl groups excluding tert-OH is 1. The molecule has 7 aliphatic heterocycles. The fourth-order valence-corrected chi connectivity index (χ4v) is 19.3. The Bertz CT molecular complexity index is 5050. The van der Waals surface area contributed by atoms with E-state index >= 15 is 0 Å². The molecule has 10 aromatic rings. The molecule has 570 valence electrons. The van der Waals surface area contributed by atoms with Crippen molar-refractivity contribution in [1.82, 2.24) is 78.3 Å². The number of aliphatic hydroxyl groups is 1. The van der Waals surface area contributed by atoms with Crippen molar-refractivity contribution in [3.05, 3.63) is 98.4 Å². The number of nitrogens with two attached hydrogens (primary N) is 1. The highest BCUT2D eigenvalue weighted by Crippen LogP contribution is 2.41. The number of carbonyl (C=O) groups excluding carboxylic acids is 1. The van der Waals surface area contributed by atoms with E-state index in [4.69, 9.17) is 49.8 Å². The number of nitrogens with one attached hydrogen (secondary N) is 1. The number of thiophene rings is 3. The number of aliphatic imine (C=N–C) groups is 1. The van der Waals surface area contributed by atoms with Crippen LogP contribution >= 0.6 is 34.0 Å². The third-order valence-electron chi connectivity index (χ3n) is 19.9. The summed E-state index contributed by atoms with van der Waals surface area (Å²) in [6, 6.07) is 16.7. The second-order valence-electron chi connectivity index (χ2n) is 27.1. The number of hydrogen-bond acceptors (Lipinski definition) is 29. The number of H-pyrrole nitrogens is 1. The Morgan fingerprint density at radius 1 is 0.589 bits per heavy atom. The number of amides is 1. The molecule has 0 bridgehead atoms. The minimum absolute atomic E-state index is 0. The van der Waals surface area contributed by atoms with Gasteiger partial charge >= 0.3 is 0 Å². The van der Waals surface area contributed by atoms with Gasteiger partial charge in [-0.2, -0.15) is 13.7 Å². The number of morpholine rings is 3. The van der Waals surface area contributed by atoms with Crippen LogP contribution in [-0.2, 0) is 65.2 Å². The molecule has 30 nitrogen and oxygen atoms in total. The van der Waals surface area contributed by atoms with Gasteiger partial charge < -0.3 is 44.7 Å². The number of sulfonamides is 2. The van der Waals surface area contributed by atoms with E-state index in [0.29, 0.717) is 97.1 Å². The first kappa shape index (κ1) is 77.2. The first-order valence-corrected chi connectivity index (χ1v) is 41.5. The molecule has 0 unspecified atom stereocenters. The molecule has 0 spiro atoms. The molecule has 2 aromatic carbocycles. The Kier molecular flexibility index (Phi) is 24.1. The lowest BCUT2D eigenvalue weighted by Crippen LogP contribution is -2.50. The van der Waals surface area contributed by atoms with Gasteiger partial charge in [-0.05, 0) is 43.2 Å². The van der Waals surface area contributed by atoms with Crippen molar-refractivity contribution in [2.75, 3.05) is 190 Å². The van der Waals surface area contributed by atoms with E-state index in [0.717, 1.165) is 191 Å². The summed E-state index contributed by atoms with van der Waals surface area (Å²) >= 11 is 5.16. The van der Waals surface area contributed by atoms with Gasteiger partial charge in [-0.25, -0.2) is 56.7 Å². The Morgan fingerprint density at radius 3 is 1.73 bits per heavy atom. The molecule has 8 aromatic heterocycles. The lowest BCUT2D eigenvalue weighted by Gasteiger charge is -2.35. The van der Waals surface area contributed by atoms with E-state index in [1.54, 1.807) is 59.9 Å². The van der Waals surface area contributed by atoms with Gasteiger partial charge in [0, 0.05) is 193 Å². The van der Waals surface area contributed by atoms with Gasteiger partial charge in [0.1, 0.15) is 16.8 Å². The number of ether oxygens (including phenoxy) is 3. The molecule has 107 heavy (non-hydrogen) atoms. The quantitative estimate of drug-likeness (QED) is 0.0982. The Hall–Kier alpha value is -8.01. The maximum atomic E-state index is 12.1. The monoisotopic (exact) mass is 1560 g/mol. The molecule has 6 fully saturated rings. The SMILES string of the molecule is C.C.CS(=O)(=O)N1CCN(Cc2cc3c(N4CCOCC4)nc(-c4cccc5c4C=NC5)nc3s2)CC1.CS(=O)(=O)N1CCN(Cc2cc3nc(-c4cccc5[nH]ncc45)nc(N4CCOCC4)c3s2)CC1.Cc1c(CN2CCN(C(=O)[C@H](C)O)CC2)sc2c(N3CCOCC3)nc(-c3cnc(N)nc3)nc12. The molecule has 15 heterocycles. The van der Waals surface area contributed by atoms with E-state index in [9.17, 15) is 26.7 Å². The van der Waals surface area contributed by atoms with Crippen molar-refractivity contribution in [2.45, 2.75) is 61.0 Å². The van der Waals surface area contributed by atoms with E-state index in [1.807, 2.05) is 30.6 Å². The topological polar surface area (TPSA) is 333 Å². The number of carbonyl (C=O) groups is 1. The van der Waals surface area contributed by atoms with Crippen molar-refractivity contribution in [2.24, 2.45) is 4.99 Å². The summed E-state index contributed by atoms with van der Waals surface area (Å²) in [6.07, 6.45) is 8.68. The van der Waals surface area contributed by atoms with E-state index in [1.165, 1.54) is 39.6 Å². The zero-order valence-corrected chi connectivity index (χ0v) is 63.2. The number of anilines is 4. The minimum Gasteiger partial charge on any atom is -0.384 e. The highest BCUT2D eigenvalue weighted by molar-refractivity contribution is 7.88. The summed E-state index contributed by atoms with van der Waals surface area (Å²) < 4.78 is 69.4. The highest BCUT2D eigenvalue weighted by atomic mass is 32.2. The Labute approximate surface area is 635 Å². The average Bonchev–Trinajstić information content (AvgIpc) is 1.67. The number of piperazine rings is 3. The molecule has 1 atom stereocenters. The van der Waals surface area contributed by atoms with Crippen molar-refractivity contribution in [3.8, 4) is 34.2 Å². The fourth-order valence-electron chi connectivity index (χ4n) is 14.1. The van der Waals surface area contributed by atoms with E-state index in [-0.39, 0.29) is 26.7 Å². The summed E-state index contributed by atoms with van der Waals surface area (Å²) in [7, 11) is -6.27. The minimum atomic E-state index is -3.13. The van der Waals surface area contributed by atoms with Crippen molar-refractivity contribution >= 4 is 131 Å². The Morgan fingerprint density at radius 2 is 1.12 bits per heavy atom. The zero-order chi connectivity index (χ0) is 72.5. The molecule has 0 radical (unpaired) electrons. The summed E-state index contributed by atoms with van der Waals surface area (Å²) in [5, 5.41) is 18.9. The van der Waals surface area contributed by atoms with Gasteiger partial charge in [0.2, 0.25) is 26.0 Å². The van der Waals surface area contributed by atoms with Crippen LogP contribution in [0.25, 0.3) is 75.7 Å². The largest absolute Gasteiger partial charge is 0.384 e. The molecule has 17 rings (SSSR count). The third kappa shape index (κ3) is 17.4. The molecule has 4 N–H and O–H groups in total. The summed E-state index contributed by atoms with van der Waals surface area (Å²) in [5.74, 6) is 4.85. The van der Waals surface area contributed by atoms with Gasteiger partial charge in [0.15, 0.2) is 29.1 Å². The number of nitrogens with zero attached hydrogens (tertiary/aromatic N) is 19. The molecule has 0 aliphatic carbocycles. The third-order valence-corrected chi connectivity index (χ3v) is 25.9. The predicted octanol–water partition coefficient (Wildman–Crippen LogP) is 6.53. The van der Waals surface area contributed by atoms with Crippen LogP contribution in [0.15, 0.2) is 72.1 Å². The molecule has 35 heteroatoms. The number of fused-ring (bicyclic) bond motifs is 5. The van der Waals surface area contributed by atoms with Crippen LogP contribution in [0.1, 0.15) is 53.1 Å². The van der Waals surface area contributed by atoms with Gasteiger partial charge in [-0.1, -0.05) is 45.2 Å². The average molecular weight is 1560 g/mol. The normalized spacial score (nSPS) is 18.4. The predicted molar refractivity (Wildman–Crippen MR) is 424 cm³/mol. The van der Waals surface area contributed by atoms with Crippen molar-refractivity contribution in [3.63, 3.8) is 0 Å². The van der Waals surface area contributed by atoms with Gasteiger partial charge in [-0.15, -0.1) is 34.0 Å². The van der Waals surface area contributed by atoms with Crippen LogP contribution in [-0.4, -0.2) is 288 Å². The van der Waals surface area contributed by atoms with Gasteiger partial charge in [0.25, 0.3) is 5.91 Å². The second-order valence-corrected chi connectivity index (χ2v) is 34.4. The van der Waals surface area contributed by atoms with Crippen LogP contribution in [0.5, 0.6) is 0 Å². The van der Waals surface area contributed by atoms with E-state index in [2.05, 4.69) is 91.8 Å². The van der Waals surface area contributed by atoms with Crippen LogP contribution in [0.3, 0.4) is 0 Å². The molecule has 7 aliphatic rings. The molecular formula is C72H93N21O9S5. The summed E-state index contributed by atoms with van der Waals surface area (Å²) in [6.45, 7) is 23.3. The number of hydrogen-bond donors (Lipinski definition) is 3. The summed E-state index contributed by atoms with van der Waals surface area (Å²) in [4.78, 5) is 75.0. The van der Waals surface area contributed by atoms with Crippen LogP contribution in [0, 0.1) is 6.92 Å². The number of aromatic nitrogens is 10. The zero-order valence-electron chi connectivity index (χ0n) is 59.1. The lowest BCUT2D eigenvalue weighted by molar-refractivity contribution is -0.141. The van der Waals surface area contributed by atoms with Crippen molar-refractivity contribution < 1.29 is 40.9 Å². The molecule has 6 saturated heterocycles. The second kappa shape index (κ2) is 33.5. The first-order valence-electron chi connectivity index (χ1n) is 35.4.